The van der Waals surface area contributed by atoms with Crippen molar-refractivity contribution in [1.29, 1.82) is 0 Å². The predicted molar refractivity (Wildman–Crippen MR) is 70.2 cm³/mol. The van der Waals surface area contributed by atoms with Crippen molar-refractivity contribution in [2.24, 2.45) is 0 Å². The van der Waals surface area contributed by atoms with Gasteiger partial charge in [0.05, 0.1) is 18.4 Å². The molecule has 2 aromatic rings. The van der Waals surface area contributed by atoms with Crippen molar-refractivity contribution in [3.05, 3.63) is 29.5 Å². The van der Waals surface area contributed by atoms with Crippen molar-refractivity contribution < 1.29 is 18.0 Å². The summed E-state index contributed by atoms with van der Waals surface area (Å²) < 4.78 is 32.8. The molecule has 22 heavy (non-hydrogen) atoms. The molecule has 1 N–H and O–H groups in total. The number of aryl methyl sites for hydroxylation is 1. The van der Waals surface area contributed by atoms with E-state index in [1.54, 1.807) is 0 Å². The Labute approximate surface area is 124 Å². The summed E-state index contributed by atoms with van der Waals surface area (Å²) in [5.41, 5.74) is 0.313. The van der Waals surface area contributed by atoms with Crippen LogP contribution < -0.4 is 0 Å². The van der Waals surface area contributed by atoms with Crippen LogP contribution in [0.25, 0.3) is 0 Å². The second-order valence-corrected chi connectivity index (χ2v) is 5.29. The number of amides is 1. The molecule has 1 unspecified atom stereocenters. The maximum absolute atomic E-state index is 13.8. The van der Waals surface area contributed by atoms with E-state index in [4.69, 9.17) is 4.42 Å². The van der Waals surface area contributed by atoms with Gasteiger partial charge in [-0.2, -0.15) is 5.21 Å². The lowest BCUT2D eigenvalue weighted by molar-refractivity contribution is 0.0117. The van der Waals surface area contributed by atoms with Gasteiger partial charge in [0.2, 0.25) is 0 Å². The second kappa shape index (κ2) is 5.47. The van der Waals surface area contributed by atoms with Crippen LogP contribution in [-0.4, -0.2) is 43.9 Å². The highest BCUT2D eigenvalue weighted by molar-refractivity contribution is 5.95. The number of aromatic nitrogens is 4. The zero-order chi connectivity index (χ0) is 15.7. The number of nitrogens with zero attached hydrogens (tertiary/aromatic N) is 4. The first-order valence-electron chi connectivity index (χ1n) is 7.00. The fraction of sp³-hybridized carbons (Fsp3) is 0.538. The molecule has 1 saturated heterocycles. The number of carbonyl (C=O) groups excluding carboxylic acids is 1. The molecule has 1 aliphatic heterocycles. The third kappa shape index (κ3) is 2.58. The molecule has 2 aromatic heterocycles. The minimum atomic E-state index is -2.98. The molecule has 1 aliphatic rings. The van der Waals surface area contributed by atoms with Crippen LogP contribution in [0.5, 0.6) is 0 Å². The van der Waals surface area contributed by atoms with Crippen LogP contribution in [0.15, 0.2) is 16.7 Å². The first-order valence-corrected chi connectivity index (χ1v) is 7.00. The Kier molecular flexibility index (Phi) is 3.63. The largest absolute Gasteiger partial charge is 0.469 e. The molecule has 1 amide bonds. The molecular formula is C13H15F2N5O2. The quantitative estimate of drug-likeness (QED) is 0.932. The Hall–Kier alpha value is -2.32. The maximum Gasteiger partial charge on any atom is 0.267 e. The molecule has 0 radical (unpaired) electrons. The average molecular weight is 311 g/mol. The van der Waals surface area contributed by atoms with Crippen LogP contribution >= 0.6 is 0 Å². The Balaban J connectivity index is 1.91. The van der Waals surface area contributed by atoms with Gasteiger partial charge >= 0.3 is 0 Å². The number of rotatable bonds is 4. The number of hydrogen-bond donors (Lipinski definition) is 1. The number of H-pyrrole nitrogens is 1. The van der Waals surface area contributed by atoms with Gasteiger partial charge in [-0.05, 0) is 12.5 Å². The number of furan rings is 1. The molecule has 1 fully saturated rings. The van der Waals surface area contributed by atoms with E-state index in [2.05, 4.69) is 20.6 Å². The molecule has 0 aliphatic carbocycles. The smallest absolute Gasteiger partial charge is 0.267 e. The van der Waals surface area contributed by atoms with Crippen LogP contribution in [0, 0.1) is 0 Å². The van der Waals surface area contributed by atoms with Crippen LogP contribution in [0.4, 0.5) is 8.78 Å². The summed E-state index contributed by atoms with van der Waals surface area (Å²) in [5.74, 6) is -2.87. The highest BCUT2D eigenvalue weighted by Crippen LogP contribution is 2.40. The van der Waals surface area contributed by atoms with Gasteiger partial charge in [0.1, 0.15) is 11.8 Å². The molecule has 0 spiro atoms. The lowest BCUT2D eigenvalue weighted by Gasteiger charge is -2.21. The molecule has 9 heteroatoms. The summed E-state index contributed by atoms with van der Waals surface area (Å²) in [4.78, 5) is 13.7. The van der Waals surface area contributed by atoms with Gasteiger partial charge < -0.3 is 9.32 Å². The van der Waals surface area contributed by atoms with E-state index in [9.17, 15) is 13.6 Å². The SMILES string of the molecule is CCCc1occc1C(=O)N1CC(F)(F)CC1c1nn[nH]n1. The van der Waals surface area contributed by atoms with E-state index in [1.807, 2.05) is 6.92 Å². The van der Waals surface area contributed by atoms with E-state index in [0.717, 1.165) is 11.3 Å². The Morgan fingerprint density at radius 1 is 1.59 bits per heavy atom. The number of nitrogens with one attached hydrogen (secondary N) is 1. The van der Waals surface area contributed by atoms with E-state index < -0.39 is 30.8 Å². The van der Waals surface area contributed by atoms with Crippen LogP contribution in [0.1, 0.15) is 47.7 Å². The van der Waals surface area contributed by atoms with Gasteiger partial charge in [0.15, 0.2) is 5.82 Å². The molecule has 0 saturated carbocycles. The van der Waals surface area contributed by atoms with Crippen molar-refractivity contribution in [3.8, 4) is 0 Å². The molecule has 3 rings (SSSR count). The van der Waals surface area contributed by atoms with Gasteiger partial charge in [0, 0.05) is 12.8 Å². The normalized spacial score (nSPS) is 20.5. The molecule has 7 nitrogen and oxygen atoms in total. The van der Waals surface area contributed by atoms with Crippen LogP contribution in [-0.2, 0) is 6.42 Å². The summed E-state index contributed by atoms with van der Waals surface area (Å²) in [6.07, 6.45) is 2.25. The highest BCUT2D eigenvalue weighted by Gasteiger charge is 2.49. The third-order valence-electron chi connectivity index (χ3n) is 3.64. The fourth-order valence-corrected chi connectivity index (χ4v) is 2.68. The highest BCUT2D eigenvalue weighted by atomic mass is 19.3. The number of alkyl halides is 2. The number of aromatic amines is 1. The Morgan fingerprint density at radius 3 is 3.09 bits per heavy atom. The molecule has 3 heterocycles. The first kappa shape index (κ1) is 14.6. The number of hydrogen-bond acceptors (Lipinski definition) is 5. The van der Waals surface area contributed by atoms with Crippen molar-refractivity contribution in [2.45, 2.75) is 38.2 Å². The topological polar surface area (TPSA) is 87.9 Å². The predicted octanol–water partition coefficient (Wildman–Crippen LogP) is 1.97. The van der Waals surface area contributed by atoms with Gasteiger partial charge in [-0.15, -0.1) is 10.2 Å². The van der Waals surface area contributed by atoms with E-state index >= 15 is 0 Å². The zero-order valence-corrected chi connectivity index (χ0v) is 11.9. The number of carbonyl (C=O) groups is 1. The van der Waals surface area contributed by atoms with Crippen molar-refractivity contribution in [1.82, 2.24) is 25.5 Å². The lowest BCUT2D eigenvalue weighted by atomic mass is 10.1. The molecular weight excluding hydrogens is 296 g/mol. The summed E-state index contributed by atoms with van der Waals surface area (Å²) in [5, 5.41) is 13.1. The molecule has 1 atom stereocenters. The minimum absolute atomic E-state index is 0.0889. The van der Waals surface area contributed by atoms with Gasteiger partial charge in [0.25, 0.3) is 11.8 Å². The average Bonchev–Trinajstić information content (AvgIpc) is 3.17. The second-order valence-electron chi connectivity index (χ2n) is 5.29. The van der Waals surface area contributed by atoms with Crippen LogP contribution in [0.3, 0.4) is 0 Å². The van der Waals surface area contributed by atoms with Gasteiger partial charge in [-0.1, -0.05) is 12.1 Å². The van der Waals surface area contributed by atoms with Crippen molar-refractivity contribution in [3.63, 3.8) is 0 Å². The van der Waals surface area contributed by atoms with Gasteiger partial charge in [-0.3, -0.25) is 4.79 Å². The molecule has 118 valence electrons. The van der Waals surface area contributed by atoms with E-state index in [1.165, 1.54) is 12.3 Å². The summed E-state index contributed by atoms with van der Waals surface area (Å²) in [7, 11) is 0. The van der Waals surface area contributed by atoms with Crippen LogP contribution in [0.2, 0.25) is 0 Å². The lowest BCUT2D eigenvalue weighted by Crippen LogP contribution is -2.33. The summed E-state index contributed by atoms with van der Waals surface area (Å²) >= 11 is 0. The molecule has 0 aromatic carbocycles. The summed E-state index contributed by atoms with van der Waals surface area (Å²) in [6.45, 7) is 1.28. The Bertz CT molecular complexity index is 655. The third-order valence-corrected chi connectivity index (χ3v) is 3.64. The van der Waals surface area contributed by atoms with E-state index in [-0.39, 0.29) is 5.82 Å². The fourth-order valence-electron chi connectivity index (χ4n) is 2.68. The van der Waals surface area contributed by atoms with E-state index in [0.29, 0.717) is 17.7 Å². The van der Waals surface area contributed by atoms with Crippen molar-refractivity contribution >= 4 is 5.91 Å². The zero-order valence-electron chi connectivity index (χ0n) is 11.9. The number of likely N-dealkylation sites (tertiary alicyclic amines) is 1. The number of tetrazole rings is 1. The minimum Gasteiger partial charge on any atom is -0.469 e. The summed E-state index contributed by atoms with van der Waals surface area (Å²) in [6, 6.07) is 0.613. The Morgan fingerprint density at radius 2 is 2.41 bits per heavy atom. The monoisotopic (exact) mass is 311 g/mol. The standard InChI is InChI=1S/C13H15F2N5O2/c1-2-3-10-8(4-5-22-10)12(21)20-7-13(14,15)6-9(20)11-16-18-19-17-11/h4-5,9H,2-3,6-7H2,1H3,(H,16,17,18,19). The maximum atomic E-state index is 13.8. The van der Waals surface area contributed by atoms with Crippen molar-refractivity contribution in [2.75, 3.05) is 6.54 Å². The van der Waals surface area contributed by atoms with Gasteiger partial charge in [-0.25, -0.2) is 8.78 Å². The molecule has 0 bridgehead atoms. The number of halogens is 2. The first-order chi connectivity index (χ1) is 10.5.